The third-order valence-corrected chi connectivity index (χ3v) is 5.08. The van der Waals surface area contributed by atoms with E-state index in [0.29, 0.717) is 11.4 Å². The lowest BCUT2D eigenvalue weighted by Crippen LogP contribution is -2.17. The van der Waals surface area contributed by atoms with Crippen LogP contribution >= 0.6 is 11.6 Å². The molecule has 1 atom stereocenters. The molecule has 27 heavy (non-hydrogen) atoms. The van der Waals surface area contributed by atoms with E-state index < -0.39 is 0 Å². The Bertz CT molecular complexity index is 1110. The van der Waals surface area contributed by atoms with E-state index in [2.05, 4.69) is 6.58 Å². The first-order valence-electron chi connectivity index (χ1n) is 8.62. The van der Waals surface area contributed by atoms with E-state index in [1.807, 2.05) is 36.5 Å². The summed E-state index contributed by atoms with van der Waals surface area (Å²) in [6, 6.07) is 14.4. The summed E-state index contributed by atoms with van der Waals surface area (Å²) in [6.45, 7) is 4.23. The summed E-state index contributed by atoms with van der Waals surface area (Å²) in [4.78, 5) is 23.5. The van der Waals surface area contributed by atoms with Crippen molar-refractivity contribution in [2.24, 2.45) is 14.1 Å². The van der Waals surface area contributed by atoms with Gasteiger partial charge in [-0.15, -0.1) is 0 Å². The van der Waals surface area contributed by atoms with Crippen LogP contribution in [0.2, 0.25) is 5.02 Å². The maximum absolute atomic E-state index is 11.8. The third-order valence-electron chi connectivity index (χ3n) is 4.74. The third kappa shape index (κ3) is 4.12. The molecule has 2 aromatic heterocycles. The van der Waals surface area contributed by atoms with Gasteiger partial charge in [-0.1, -0.05) is 42.4 Å². The van der Waals surface area contributed by atoms with Crippen LogP contribution in [0.4, 0.5) is 0 Å². The number of hydrogen-bond acceptors (Lipinski definition) is 2. The first-order valence-corrected chi connectivity index (χ1v) is 9.00. The SMILES string of the molecule is C=C(CC(c1ccc(=O)n(C)c1)c1ccccc1Cl)c1ccc(=O)n(C)c1. The second kappa shape index (κ2) is 7.80. The van der Waals surface area contributed by atoms with Crippen molar-refractivity contribution < 1.29 is 0 Å². The Morgan fingerprint density at radius 2 is 1.59 bits per heavy atom. The number of benzene rings is 1. The van der Waals surface area contributed by atoms with Crippen molar-refractivity contribution in [3.05, 3.63) is 110 Å². The fourth-order valence-electron chi connectivity index (χ4n) is 3.15. The second-order valence-electron chi connectivity index (χ2n) is 6.66. The number of allylic oxidation sites excluding steroid dienone is 1. The minimum atomic E-state index is -0.0627. The van der Waals surface area contributed by atoms with Crippen molar-refractivity contribution in [1.29, 1.82) is 0 Å². The van der Waals surface area contributed by atoms with Crippen molar-refractivity contribution >= 4 is 17.2 Å². The van der Waals surface area contributed by atoms with Crippen LogP contribution in [-0.4, -0.2) is 9.13 Å². The molecule has 0 saturated carbocycles. The van der Waals surface area contributed by atoms with E-state index in [4.69, 9.17) is 11.6 Å². The van der Waals surface area contributed by atoms with Gasteiger partial charge in [0.1, 0.15) is 0 Å². The van der Waals surface area contributed by atoms with Gasteiger partial charge in [-0.05, 0) is 40.8 Å². The van der Waals surface area contributed by atoms with Gasteiger partial charge in [-0.2, -0.15) is 0 Å². The Balaban J connectivity index is 2.04. The van der Waals surface area contributed by atoms with E-state index in [-0.39, 0.29) is 17.0 Å². The van der Waals surface area contributed by atoms with Gasteiger partial charge in [0.05, 0.1) is 0 Å². The standard InChI is InChI=1S/C22H21ClN2O2/c1-15(16-8-10-21(26)24(2)13-16)12-19(18-6-4-5-7-20(18)23)17-9-11-22(27)25(3)14-17/h4-11,13-14,19H,1,12H2,2-3H3. The van der Waals surface area contributed by atoms with E-state index in [1.54, 1.807) is 37.0 Å². The molecule has 4 nitrogen and oxygen atoms in total. The summed E-state index contributed by atoms with van der Waals surface area (Å²) in [5, 5.41) is 0.671. The van der Waals surface area contributed by atoms with E-state index in [1.165, 1.54) is 10.6 Å². The van der Waals surface area contributed by atoms with Gasteiger partial charge in [-0.3, -0.25) is 9.59 Å². The van der Waals surface area contributed by atoms with E-state index >= 15 is 0 Å². The van der Waals surface area contributed by atoms with Crippen LogP contribution in [0, 0.1) is 0 Å². The van der Waals surface area contributed by atoms with Crippen molar-refractivity contribution in [3.63, 3.8) is 0 Å². The zero-order chi connectivity index (χ0) is 19.6. The highest BCUT2D eigenvalue weighted by Gasteiger charge is 2.19. The molecule has 5 heteroatoms. The van der Waals surface area contributed by atoms with Crippen LogP contribution in [0.1, 0.15) is 29.0 Å². The van der Waals surface area contributed by atoms with Crippen molar-refractivity contribution in [3.8, 4) is 0 Å². The molecule has 0 amide bonds. The van der Waals surface area contributed by atoms with Gasteiger partial charge in [0.15, 0.2) is 0 Å². The molecule has 0 saturated heterocycles. The Hall–Kier alpha value is -2.85. The van der Waals surface area contributed by atoms with Crippen LogP contribution < -0.4 is 11.1 Å². The van der Waals surface area contributed by atoms with Gasteiger partial charge in [0.2, 0.25) is 11.1 Å². The van der Waals surface area contributed by atoms with Crippen LogP contribution in [-0.2, 0) is 14.1 Å². The molecule has 3 rings (SSSR count). The lowest BCUT2D eigenvalue weighted by atomic mass is 9.85. The predicted octanol–water partition coefficient (Wildman–Crippen LogP) is 3.97. The fourth-order valence-corrected chi connectivity index (χ4v) is 3.42. The second-order valence-corrected chi connectivity index (χ2v) is 7.07. The first-order chi connectivity index (χ1) is 12.9. The molecule has 0 fully saturated rings. The highest BCUT2D eigenvalue weighted by Crippen LogP contribution is 2.36. The smallest absolute Gasteiger partial charge is 0.250 e. The van der Waals surface area contributed by atoms with Gasteiger partial charge in [0, 0.05) is 49.6 Å². The minimum absolute atomic E-state index is 0.0600. The average Bonchev–Trinajstić information content (AvgIpc) is 2.65. The van der Waals surface area contributed by atoms with Crippen LogP contribution in [0.3, 0.4) is 0 Å². The lowest BCUT2D eigenvalue weighted by Gasteiger charge is -2.21. The molecule has 1 unspecified atom stereocenters. The maximum atomic E-state index is 11.8. The lowest BCUT2D eigenvalue weighted by molar-refractivity contribution is 0.784. The molecule has 0 N–H and O–H groups in total. The molecule has 2 heterocycles. The number of halogens is 1. The zero-order valence-electron chi connectivity index (χ0n) is 15.4. The summed E-state index contributed by atoms with van der Waals surface area (Å²) in [5.41, 5.74) is 3.63. The van der Waals surface area contributed by atoms with Crippen molar-refractivity contribution in [1.82, 2.24) is 9.13 Å². The molecule has 0 spiro atoms. The molecule has 3 aromatic rings. The molecule has 0 radical (unpaired) electrons. The molecule has 138 valence electrons. The number of hydrogen-bond donors (Lipinski definition) is 0. The Morgan fingerprint density at radius 1 is 0.963 bits per heavy atom. The minimum Gasteiger partial charge on any atom is -0.318 e. The molecule has 0 aliphatic carbocycles. The summed E-state index contributed by atoms with van der Waals surface area (Å²) in [7, 11) is 3.45. The van der Waals surface area contributed by atoms with Crippen molar-refractivity contribution in [2.45, 2.75) is 12.3 Å². The number of nitrogens with zero attached hydrogens (tertiary/aromatic N) is 2. The highest BCUT2D eigenvalue weighted by molar-refractivity contribution is 6.31. The van der Waals surface area contributed by atoms with Gasteiger partial charge >= 0.3 is 0 Å². The maximum Gasteiger partial charge on any atom is 0.250 e. The molecule has 1 aromatic carbocycles. The van der Waals surface area contributed by atoms with Gasteiger partial charge in [0.25, 0.3) is 0 Å². The topological polar surface area (TPSA) is 44.0 Å². The van der Waals surface area contributed by atoms with E-state index in [0.717, 1.165) is 22.3 Å². The summed E-state index contributed by atoms with van der Waals surface area (Å²) < 4.78 is 3.10. The predicted molar refractivity (Wildman–Crippen MR) is 110 cm³/mol. The number of pyridine rings is 2. The summed E-state index contributed by atoms with van der Waals surface area (Å²) in [6.07, 6.45) is 4.24. The summed E-state index contributed by atoms with van der Waals surface area (Å²) in [5.74, 6) is -0.0600. The number of aromatic nitrogens is 2. The monoisotopic (exact) mass is 380 g/mol. The van der Waals surface area contributed by atoms with Crippen LogP contribution in [0.5, 0.6) is 0 Å². The Labute approximate surface area is 163 Å². The van der Waals surface area contributed by atoms with E-state index in [9.17, 15) is 9.59 Å². The van der Waals surface area contributed by atoms with Crippen LogP contribution in [0.15, 0.2) is 77.1 Å². The van der Waals surface area contributed by atoms with Gasteiger partial charge < -0.3 is 9.13 Å². The average molecular weight is 381 g/mol. The normalized spacial score (nSPS) is 12.0. The fraction of sp³-hybridized carbons (Fsp3) is 0.182. The Morgan fingerprint density at radius 3 is 2.22 bits per heavy atom. The Kier molecular flexibility index (Phi) is 5.47. The first kappa shape index (κ1) is 18.9. The van der Waals surface area contributed by atoms with Crippen molar-refractivity contribution in [2.75, 3.05) is 0 Å². The molecule has 0 aliphatic heterocycles. The number of rotatable bonds is 5. The van der Waals surface area contributed by atoms with Gasteiger partial charge in [-0.25, -0.2) is 0 Å². The molecule has 0 bridgehead atoms. The molecular weight excluding hydrogens is 360 g/mol. The number of aryl methyl sites for hydroxylation is 2. The summed E-state index contributed by atoms with van der Waals surface area (Å²) >= 11 is 6.47. The molecular formula is C22H21ClN2O2. The zero-order valence-corrected chi connectivity index (χ0v) is 16.1. The largest absolute Gasteiger partial charge is 0.318 e. The van der Waals surface area contributed by atoms with Crippen LogP contribution in [0.25, 0.3) is 5.57 Å². The quantitative estimate of drug-likeness (QED) is 0.672. The molecule has 0 aliphatic rings. The highest BCUT2D eigenvalue weighted by atomic mass is 35.5.